The molecule has 0 N–H and O–H groups in total. The predicted molar refractivity (Wildman–Crippen MR) is 96.1 cm³/mol. The molecule has 1 aliphatic rings. The van der Waals surface area contributed by atoms with Gasteiger partial charge in [-0.25, -0.2) is 4.68 Å². The van der Waals surface area contributed by atoms with Gasteiger partial charge in [-0.1, -0.05) is 6.07 Å². The van der Waals surface area contributed by atoms with Crippen LogP contribution in [0.4, 0.5) is 0 Å². The summed E-state index contributed by atoms with van der Waals surface area (Å²) in [6.07, 6.45) is 1.51. The Balaban J connectivity index is 1.80. The van der Waals surface area contributed by atoms with Crippen molar-refractivity contribution in [1.82, 2.24) is 14.7 Å². The molecule has 1 fully saturated rings. The number of benzene rings is 1. The van der Waals surface area contributed by atoms with E-state index in [0.717, 1.165) is 21.5 Å². The molecule has 3 rings (SSSR count). The van der Waals surface area contributed by atoms with Crippen molar-refractivity contribution in [3.05, 3.63) is 56.9 Å². The lowest BCUT2D eigenvalue weighted by Crippen LogP contribution is -2.36. The van der Waals surface area contributed by atoms with Crippen molar-refractivity contribution in [2.24, 2.45) is 0 Å². The van der Waals surface area contributed by atoms with Gasteiger partial charge in [-0.3, -0.25) is 9.59 Å². The van der Waals surface area contributed by atoms with Crippen molar-refractivity contribution in [3.63, 3.8) is 0 Å². The molecule has 1 aromatic heterocycles. The monoisotopic (exact) mass is 409 g/mol. The second-order valence-electron chi connectivity index (χ2n) is 5.22. The van der Waals surface area contributed by atoms with Gasteiger partial charge < -0.3 is 9.64 Å². The second-order valence-corrected chi connectivity index (χ2v) is 7.27. The first-order valence-electron chi connectivity index (χ1n) is 7.37. The van der Waals surface area contributed by atoms with E-state index in [9.17, 15) is 9.59 Å². The molecule has 0 radical (unpaired) electrons. The Labute approximate surface area is 151 Å². The van der Waals surface area contributed by atoms with Crippen molar-refractivity contribution in [3.8, 4) is 5.75 Å². The lowest BCUT2D eigenvalue weighted by Gasteiger charge is -2.24. The van der Waals surface area contributed by atoms with Gasteiger partial charge in [0.2, 0.25) is 5.91 Å². The summed E-state index contributed by atoms with van der Waals surface area (Å²) in [7, 11) is 1.62. The number of halogens is 1. The smallest absolute Gasteiger partial charge is 0.267 e. The Hall–Kier alpha value is -1.80. The minimum absolute atomic E-state index is 0.0476. The lowest BCUT2D eigenvalue weighted by molar-refractivity contribution is -0.132. The number of methoxy groups -OCH3 is 1. The highest BCUT2D eigenvalue weighted by molar-refractivity contribution is 9.10. The van der Waals surface area contributed by atoms with Crippen molar-refractivity contribution >= 4 is 33.6 Å². The van der Waals surface area contributed by atoms with Gasteiger partial charge in [-0.05, 0) is 39.7 Å². The third-order valence-corrected chi connectivity index (χ3v) is 5.62. The number of aromatic nitrogens is 2. The molecule has 0 bridgehead atoms. The van der Waals surface area contributed by atoms with Crippen LogP contribution in [0.25, 0.3) is 0 Å². The molecule has 8 heteroatoms. The van der Waals surface area contributed by atoms with Gasteiger partial charge in [0.05, 0.1) is 11.6 Å². The molecule has 1 aromatic carbocycles. The van der Waals surface area contributed by atoms with E-state index in [1.54, 1.807) is 29.8 Å². The minimum Gasteiger partial charge on any atom is -0.496 e. The summed E-state index contributed by atoms with van der Waals surface area (Å²) in [4.78, 5) is 26.2. The number of rotatable bonds is 4. The van der Waals surface area contributed by atoms with Gasteiger partial charge in [0.1, 0.15) is 17.7 Å². The quantitative estimate of drug-likeness (QED) is 0.774. The Kier molecular flexibility index (Phi) is 5.25. The molecule has 0 spiro atoms. The van der Waals surface area contributed by atoms with Crippen molar-refractivity contribution in [1.29, 1.82) is 0 Å². The summed E-state index contributed by atoms with van der Waals surface area (Å²) in [5.41, 5.74) is 0.744. The van der Waals surface area contributed by atoms with Crippen molar-refractivity contribution in [2.75, 3.05) is 19.4 Å². The number of hydrogen-bond donors (Lipinski definition) is 0. The molecule has 1 amide bonds. The molecule has 0 saturated carbocycles. The molecule has 126 valence electrons. The fourth-order valence-electron chi connectivity index (χ4n) is 2.56. The van der Waals surface area contributed by atoms with Crippen LogP contribution in [0.15, 0.2) is 45.8 Å². The first kappa shape index (κ1) is 17.0. The Morgan fingerprint density at radius 3 is 3.00 bits per heavy atom. The summed E-state index contributed by atoms with van der Waals surface area (Å²) >= 11 is 5.19. The summed E-state index contributed by atoms with van der Waals surface area (Å²) in [5.74, 6) is 1.49. The van der Waals surface area contributed by atoms with Crippen LogP contribution in [0.2, 0.25) is 0 Å². The highest BCUT2D eigenvalue weighted by Gasteiger charge is 2.31. The van der Waals surface area contributed by atoms with Crippen molar-refractivity contribution in [2.45, 2.75) is 11.9 Å². The van der Waals surface area contributed by atoms with E-state index in [1.807, 2.05) is 18.2 Å². The highest BCUT2D eigenvalue weighted by atomic mass is 79.9. The van der Waals surface area contributed by atoms with Gasteiger partial charge in [0.15, 0.2) is 0 Å². The Bertz CT molecular complexity index is 811. The summed E-state index contributed by atoms with van der Waals surface area (Å²) in [6, 6.07) is 8.77. The van der Waals surface area contributed by atoms with Gasteiger partial charge in [-0.2, -0.15) is 5.10 Å². The molecule has 1 unspecified atom stereocenters. The van der Waals surface area contributed by atoms with Crippen LogP contribution in [0, 0.1) is 0 Å². The molecule has 2 aromatic rings. The van der Waals surface area contributed by atoms with Crippen LogP contribution in [0.3, 0.4) is 0 Å². The molecule has 24 heavy (non-hydrogen) atoms. The van der Waals surface area contributed by atoms with Gasteiger partial charge >= 0.3 is 0 Å². The SMILES string of the molecule is COc1ccc(C2SCCN2C(=O)Cn2ncccc2=O)cc1Br. The standard InChI is InChI=1S/C16H16BrN3O3S/c1-23-13-5-4-11(9-12(13)17)16-19(7-8-24-16)15(22)10-20-14(21)3-2-6-18-20/h2-6,9,16H,7-8,10H2,1H3. The maximum absolute atomic E-state index is 12.6. The number of hydrogen-bond acceptors (Lipinski definition) is 5. The summed E-state index contributed by atoms with van der Waals surface area (Å²) in [5, 5.41) is 3.88. The highest BCUT2D eigenvalue weighted by Crippen LogP contribution is 2.40. The molecule has 2 heterocycles. The largest absolute Gasteiger partial charge is 0.496 e. The van der Waals surface area contributed by atoms with Gasteiger partial charge in [-0.15, -0.1) is 11.8 Å². The molecule has 1 atom stereocenters. The molecule has 1 saturated heterocycles. The zero-order valence-corrected chi connectivity index (χ0v) is 15.4. The maximum atomic E-state index is 12.6. The summed E-state index contributed by atoms with van der Waals surface area (Å²) in [6.45, 7) is 0.605. The van der Waals surface area contributed by atoms with E-state index in [-0.39, 0.29) is 23.4 Å². The first-order valence-corrected chi connectivity index (χ1v) is 9.21. The number of thioether (sulfide) groups is 1. The zero-order valence-electron chi connectivity index (χ0n) is 13.0. The van der Waals surface area contributed by atoms with E-state index in [4.69, 9.17) is 4.74 Å². The van der Waals surface area contributed by atoms with Gasteiger partial charge in [0, 0.05) is 24.6 Å². The summed E-state index contributed by atoms with van der Waals surface area (Å²) < 4.78 is 7.29. The average molecular weight is 410 g/mol. The van der Waals surface area contributed by atoms with Crippen molar-refractivity contribution < 1.29 is 9.53 Å². The fraction of sp³-hybridized carbons (Fsp3) is 0.312. The Morgan fingerprint density at radius 2 is 2.29 bits per heavy atom. The van der Waals surface area contributed by atoms with E-state index >= 15 is 0 Å². The lowest BCUT2D eigenvalue weighted by atomic mass is 10.2. The number of carbonyl (C=O) groups excluding carboxylic acids is 1. The number of ether oxygens (including phenoxy) is 1. The third kappa shape index (κ3) is 3.49. The molecule has 6 nitrogen and oxygen atoms in total. The average Bonchev–Trinajstić information content (AvgIpc) is 3.06. The van der Waals surface area contributed by atoms with Crippen LogP contribution < -0.4 is 10.3 Å². The van der Waals surface area contributed by atoms with E-state index < -0.39 is 0 Å². The molecule has 1 aliphatic heterocycles. The minimum atomic E-state index is -0.276. The van der Waals surface area contributed by atoms with E-state index in [2.05, 4.69) is 21.0 Å². The van der Waals surface area contributed by atoms with Crippen LogP contribution in [-0.4, -0.2) is 40.0 Å². The number of amides is 1. The van der Waals surface area contributed by atoms with Crippen LogP contribution >= 0.6 is 27.7 Å². The topological polar surface area (TPSA) is 64.4 Å². The predicted octanol–water partition coefficient (Wildman–Crippen LogP) is 2.29. The number of carbonyl (C=O) groups is 1. The van der Waals surface area contributed by atoms with Gasteiger partial charge in [0.25, 0.3) is 5.56 Å². The maximum Gasteiger partial charge on any atom is 0.267 e. The van der Waals surface area contributed by atoms with E-state index in [1.165, 1.54) is 16.9 Å². The normalized spacial score (nSPS) is 17.1. The van der Waals surface area contributed by atoms with E-state index in [0.29, 0.717) is 6.54 Å². The zero-order chi connectivity index (χ0) is 17.1. The van der Waals surface area contributed by atoms with Crippen LogP contribution in [0.5, 0.6) is 5.75 Å². The number of nitrogens with zero attached hydrogens (tertiary/aromatic N) is 3. The molecular formula is C16H16BrN3O3S. The molecular weight excluding hydrogens is 394 g/mol. The molecule has 0 aliphatic carbocycles. The van der Waals surface area contributed by atoms with Crippen LogP contribution in [0.1, 0.15) is 10.9 Å². The second kappa shape index (κ2) is 7.40. The Morgan fingerprint density at radius 1 is 1.46 bits per heavy atom. The third-order valence-electron chi connectivity index (χ3n) is 3.74. The fourth-order valence-corrected chi connectivity index (χ4v) is 4.39. The first-order chi connectivity index (χ1) is 11.6. The van der Waals surface area contributed by atoms with Crippen LogP contribution in [-0.2, 0) is 11.3 Å².